The molecule has 0 aliphatic carbocycles. The van der Waals surface area contributed by atoms with E-state index >= 15 is 0 Å². The lowest BCUT2D eigenvalue weighted by atomic mass is 10.1. The van der Waals surface area contributed by atoms with Crippen LogP contribution in [0.2, 0.25) is 0 Å². The minimum atomic E-state index is -0.667. The molecule has 2 aromatic rings. The second kappa shape index (κ2) is 4.58. The molecule has 5 N–H and O–H groups in total. The minimum Gasteiger partial charge on any atom is -0.394 e. The molecule has 0 aromatic heterocycles. The van der Waals surface area contributed by atoms with Crippen LogP contribution < -0.4 is 27.6 Å². The molecule has 0 fully saturated rings. The van der Waals surface area contributed by atoms with Crippen LogP contribution in [-0.4, -0.2) is 0 Å². The zero-order valence-electron chi connectivity index (χ0n) is 9.50. The summed E-state index contributed by atoms with van der Waals surface area (Å²) in [5.74, 6) is -0.366. The Kier molecular flexibility index (Phi) is 3.12. The van der Waals surface area contributed by atoms with Crippen LogP contribution in [0, 0.1) is 5.82 Å². The van der Waals surface area contributed by atoms with Crippen molar-refractivity contribution in [2.45, 2.75) is 13.1 Å². The summed E-state index contributed by atoms with van der Waals surface area (Å²) in [5, 5.41) is 2.76. The third-order valence-electron chi connectivity index (χ3n) is 2.75. The van der Waals surface area contributed by atoms with E-state index in [2.05, 4.69) is 5.32 Å². The zero-order valence-corrected chi connectivity index (χ0v) is 9.50. The quantitative estimate of drug-likeness (QED) is 0.666. The largest absolute Gasteiger partial charge is 0.394 e. The molecule has 0 bridgehead atoms. The Labute approximate surface area is 102 Å². The molecule has 94 valence electrons. The molecule has 0 amide bonds. The van der Waals surface area contributed by atoms with Gasteiger partial charge in [-0.25, -0.2) is 4.39 Å². The SMILES string of the molecule is NCc1cc(CNc2c(N)c(=O)c2=O)ccc1F. The molecule has 0 spiro atoms. The van der Waals surface area contributed by atoms with Crippen LogP contribution in [0.15, 0.2) is 27.8 Å². The zero-order chi connectivity index (χ0) is 13.3. The highest BCUT2D eigenvalue weighted by Crippen LogP contribution is 2.14. The molecule has 18 heavy (non-hydrogen) atoms. The summed E-state index contributed by atoms with van der Waals surface area (Å²) < 4.78 is 13.2. The molecule has 0 saturated carbocycles. The number of halogens is 1. The monoisotopic (exact) mass is 249 g/mol. The van der Waals surface area contributed by atoms with E-state index in [9.17, 15) is 14.0 Å². The maximum atomic E-state index is 13.2. The van der Waals surface area contributed by atoms with Crippen molar-refractivity contribution in [2.24, 2.45) is 5.73 Å². The maximum Gasteiger partial charge on any atom is 0.253 e. The molecule has 5 nitrogen and oxygen atoms in total. The molecular weight excluding hydrogens is 237 g/mol. The van der Waals surface area contributed by atoms with E-state index in [4.69, 9.17) is 11.5 Å². The second-order valence-corrected chi connectivity index (χ2v) is 3.93. The average molecular weight is 249 g/mol. The third kappa shape index (κ3) is 1.98. The summed E-state index contributed by atoms with van der Waals surface area (Å²) in [6.07, 6.45) is 0. The van der Waals surface area contributed by atoms with Gasteiger partial charge in [-0.1, -0.05) is 6.07 Å². The normalized spacial score (nSPS) is 10.8. The molecule has 0 aliphatic rings. The Morgan fingerprint density at radius 2 is 1.94 bits per heavy atom. The highest BCUT2D eigenvalue weighted by Gasteiger charge is 2.17. The van der Waals surface area contributed by atoms with Gasteiger partial charge >= 0.3 is 0 Å². The van der Waals surface area contributed by atoms with Crippen molar-refractivity contribution >= 4 is 11.4 Å². The smallest absolute Gasteiger partial charge is 0.253 e. The van der Waals surface area contributed by atoms with Gasteiger partial charge in [0.1, 0.15) is 17.2 Å². The lowest BCUT2D eigenvalue weighted by molar-refractivity contribution is 0.609. The van der Waals surface area contributed by atoms with Gasteiger partial charge in [-0.3, -0.25) is 9.59 Å². The van der Waals surface area contributed by atoms with Crippen LogP contribution in [0.5, 0.6) is 0 Å². The number of nitrogens with one attached hydrogen (secondary N) is 1. The molecule has 2 rings (SSSR count). The Hall–Kier alpha value is -2.21. The van der Waals surface area contributed by atoms with Crippen molar-refractivity contribution in [3.8, 4) is 0 Å². The van der Waals surface area contributed by atoms with Gasteiger partial charge in [-0.2, -0.15) is 0 Å². The molecule has 2 aromatic carbocycles. The Balaban J connectivity index is 2.12. The Bertz CT molecular complexity index is 660. The van der Waals surface area contributed by atoms with Crippen LogP contribution in [0.3, 0.4) is 0 Å². The molecule has 0 heterocycles. The molecule has 0 atom stereocenters. The van der Waals surface area contributed by atoms with Crippen LogP contribution >= 0.6 is 0 Å². The van der Waals surface area contributed by atoms with Gasteiger partial charge < -0.3 is 16.8 Å². The number of nitrogen functional groups attached to an aromatic ring is 1. The van der Waals surface area contributed by atoms with E-state index in [1.54, 1.807) is 12.1 Å². The van der Waals surface area contributed by atoms with E-state index in [1.165, 1.54) is 6.07 Å². The second-order valence-electron chi connectivity index (χ2n) is 3.93. The summed E-state index contributed by atoms with van der Waals surface area (Å²) >= 11 is 0. The van der Waals surface area contributed by atoms with Crippen molar-refractivity contribution in [1.29, 1.82) is 0 Å². The lowest BCUT2D eigenvalue weighted by Gasteiger charge is -2.10. The summed E-state index contributed by atoms with van der Waals surface area (Å²) in [7, 11) is 0. The van der Waals surface area contributed by atoms with Crippen LogP contribution in [0.25, 0.3) is 0 Å². The predicted molar refractivity (Wildman–Crippen MR) is 67.4 cm³/mol. The molecular formula is C12H12FN3O2. The Morgan fingerprint density at radius 1 is 1.22 bits per heavy atom. The first-order chi connectivity index (χ1) is 8.54. The fraction of sp³-hybridized carbons (Fsp3) is 0.167. The van der Waals surface area contributed by atoms with Gasteiger partial charge in [0.2, 0.25) is 0 Å². The van der Waals surface area contributed by atoms with E-state index in [1.807, 2.05) is 0 Å². The van der Waals surface area contributed by atoms with Crippen molar-refractivity contribution in [2.75, 3.05) is 11.1 Å². The van der Waals surface area contributed by atoms with Gasteiger partial charge in [0, 0.05) is 18.7 Å². The van der Waals surface area contributed by atoms with Gasteiger partial charge in [-0.05, 0) is 17.7 Å². The fourth-order valence-electron chi connectivity index (χ4n) is 1.67. The predicted octanol–water partition coefficient (Wildman–Crippen LogP) is 0.0747. The molecule has 0 saturated heterocycles. The molecule has 0 unspecified atom stereocenters. The molecule has 0 radical (unpaired) electrons. The number of rotatable bonds is 4. The first kappa shape index (κ1) is 12.3. The van der Waals surface area contributed by atoms with E-state index in [0.717, 1.165) is 5.56 Å². The molecule has 0 aliphatic heterocycles. The summed E-state index contributed by atoms with van der Waals surface area (Å²) in [6.45, 7) is 0.379. The van der Waals surface area contributed by atoms with Crippen molar-refractivity contribution < 1.29 is 4.39 Å². The minimum absolute atomic E-state index is 0.0545. The summed E-state index contributed by atoms with van der Waals surface area (Å²) in [6, 6.07) is 4.48. The molecule has 6 heteroatoms. The fourth-order valence-corrected chi connectivity index (χ4v) is 1.67. The van der Waals surface area contributed by atoms with E-state index in [0.29, 0.717) is 5.56 Å². The van der Waals surface area contributed by atoms with E-state index in [-0.39, 0.29) is 30.3 Å². The van der Waals surface area contributed by atoms with Gasteiger partial charge in [0.05, 0.1) is 0 Å². The van der Waals surface area contributed by atoms with Crippen molar-refractivity contribution in [3.05, 3.63) is 55.6 Å². The summed E-state index contributed by atoms with van der Waals surface area (Å²) in [5.41, 5.74) is 10.7. The maximum absolute atomic E-state index is 13.2. The van der Waals surface area contributed by atoms with Gasteiger partial charge in [0.25, 0.3) is 10.9 Å². The third-order valence-corrected chi connectivity index (χ3v) is 2.75. The number of nitrogens with two attached hydrogens (primary N) is 2. The number of hydrogen-bond donors (Lipinski definition) is 3. The van der Waals surface area contributed by atoms with E-state index < -0.39 is 10.9 Å². The van der Waals surface area contributed by atoms with Gasteiger partial charge in [0.15, 0.2) is 0 Å². The topological polar surface area (TPSA) is 98.2 Å². The van der Waals surface area contributed by atoms with Crippen LogP contribution in [0.4, 0.5) is 15.8 Å². The van der Waals surface area contributed by atoms with Gasteiger partial charge in [-0.15, -0.1) is 0 Å². The lowest BCUT2D eigenvalue weighted by Crippen LogP contribution is -2.36. The highest BCUT2D eigenvalue weighted by atomic mass is 19.1. The number of benzene rings is 1. The average Bonchev–Trinajstić information content (AvgIpc) is 2.40. The van der Waals surface area contributed by atoms with Crippen molar-refractivity contribution in [3.63, 3.8) is 0 Å². The van der Waals surface area contributed by atoms with Crippen molar-refractivity contribution in [1.82, 2.24) is 0 Å². The Morgan fingerprint density at radius 3 is 2.56 bits per heavy atom. The van der Waals surface area contributed by atoms with Crippen LogP contribution in [0.1, 0.15) is 11.1 Å². The first-order valence-corrected chi connectivity index (χ1v) is 5.34. The number of anilines is 2. The standard InChI is InChI=1S/C12H12FN3O2/c13-8-2-1-6(3-7(8)4-14)5-16-10-9(15)11(17)12(10)18/h1-3,16H,4-5,14-15H2. The summed E-state index contributed by atoms with van der Waals surface area (Å²) in [4.78, 5) is 22.0. The first-order valence-electron chi connectivity index (χ1n) is 5.34. The number of hydrogen-bond acceptors (Lipinski definition) is 5. The van der Waals surface area contributed by atoms with Crippen LogP contribution in [-0.2, 0) is 13.1 Å². The highest BCUT2D eigenvalue weighted by molar-refractivity contribution is 5.71.